The molecule has 3 unspecified atom stereocenters. The summed E-state index contributed by atoms with van der Waals surface area (Å²) >= 11 is 0. The molecule has 0 aromatic heterocycles. The molecule has 2 fully saturated rings. The topological polar surface area (TPSA) is 52.6 Å². The van der Waals surface area contributed by atoms with Crippen molar-refractivity contribution in [1.82, 2.24) is 10.2 Å². The highest BCUT2D eigenvalue weighted by Crippen LogP contribution is 2.36. The molecule has 0 spiro atoms. The number of nitrogens with zero attached hydrogens (tertiary/aromatic N) is 1. The zero-order valence-corrected chi connectivity index (χ0v) is 12.4. The van der Waals surface area contributed by atoms with E-state index in [4.69, 9.17) is 0 Å². The summed E-state index contributed by atoms with van der Waals surface area (Å²) in [5.74, 6) is 0.571. The SMILES string of the molecule is CC(C)CNC1CC(C(=O)O)CN(C(C)C2CC2)C1. The lowest BCUT2D eigenvalue weighted by Gasteiger charge is -2.40. The van der Waals surface area contributed by atoms with Crippen molar-refractivity contribution in [3.05, 3.63) is 0 Å². The van der Waals surface area contributed by atoms with Crippen LogP contribution in [-0.2, 0) is 4.79 Å². The van der Waals surface area contributed by atoms with Gasteiger partial charge in [0.25, 0.3) is 0 Å². The van der Waals surface area contributed by atoms with Gasteiger partial charge in [-0.1, -0.05) is 13.8 Å². The highest BCUT2D eigenvalue weighted by atomic mass is 16.4. The number of piperidine rings is 1. The molecule has 1 heterocycles. The van der Waals surface area contributed by atoms with Crippen molar-refractivity contribution in [2.75, 3.05) is 19.6 Å². The van der Waals surface area contributed by atoms with E-state index in [0.717, 1.165) is 32.0 Å². The van der Waals surface area contributed by atoms with E-state index in [-0.39, 0.29) is 5.92 Å². The van der Waals surface area contributed by atoms with Crippen LogP contribution in [0.5, 0.6) is 0 Å². The number of carbonyl (C=O) groups is 1. The first-order chi connectivity index (χ1) is 8.97. The van der Waals surface area contributed by atoms with Gasteiger partial charge in [-0.15, -0.1) is 0 Å². The van der Waals surface area contributed by atoms with Gasteiger partial charge in [0, 0.05) is 25.2 Å². The van der Waals surface area contributed by atoms with Crippen molar-refractivity contribution in [2.24, 2.45) is 17.8 Å². The molecular weight excluding hydrogens is 240 g/mol. The zero-order chi connectivity index (χ0) is 14.0. The minimum Gasteiger partial charge on any atom is -0.481 e. The van der Waals surface area contributed by atoms with E-state index in [1.54, 1.807) is 0 Å². The second kappa shape index (κ2) is 6.23. The van der Waals surface area contributed by atoms with Gasteiger partial charge in [0.15, 0.2) is 0 Å². The lowest BCUT2D eigenvalue weighted by Crippen LogP contribution is -2.54. The summed E-state index contributed by atoms with van der Waals surface area (Å²) in [4.78, 5) is 13.7. The third-order valence-corrected chi connectivity index (χ3v) is 4.52. The molecule has 110 valence electrons. The van der Waals surface area contributed by atoms with Crippen molar-refractivity contribution >= 4 is 5.97 Å². The van der Waals surface area contributed by atoms with Crippen LogP contribution in [0.3, 0.4) is 0 Å². The summed E-state index contributed by atoms with van der Waals surface area (Å²) in [5.41, 5.74) is 0. The van der Waals surface area contributed by atoms with E-state index in [9.17, 15) is 9.90 Å². The number of carboxylic acids is 1. The Bertz CT molecular complexity index is 315. The summed E-state index contributed by atoms with van der Waals surface area (Å²) < 4.78 is 0. The molecule has 2 N–H and O–H groups in total. The average molecular weight is 268 g/mol. The second-order valence-corrected chi connectivity index (χ2v) is 6.80. The first-order valence-electron chi connectivity index (χ1n) is 7.67. The maximum absolute atomic E-state index is 11.3. The molecule has 1 saturated carbocycles. The molecule has 0 aromatic carbocycles. The van der Waals surface area contributed by atoms with Crippen LogP contribution in [0.25, 0.3) is 0 Å². The molecule has 2 rings (SSSR count). The van der Waals surface area contributed by atoms with E-state index in [2.05, 4.69) is 31.0 Å². The predicted molar refractivity (Wildman–Crippen MR) is 76.1 cm³/mol. The van der Waals surface area contributed by atoms with Crippen LogP contribution in [0, 0.1) is 17.8 Å². The van der Waals surface area contributed by atoms with E-state index in [1.807, 2.05) is 0 Å². The Morgan fingerprint density at radius 2 is 2.00 bits per heavy atom. The van der Waals surface area contributed by atoms with Gasteiger partial charge in [-0.25, -0.2) is 0 Å². The second-order valence-electron chi connectivity index (χ2n) is 6.80. The Balaban J connectivity index is 1.93. The minimum atomic E-state index is -0.635. The normalized spacial score (nSPS) is 30.5. The fourth-order valence-electron chi connectivity index (χ4n) is 3.07. The smallest absolute Gasteiger partial charge is 0.307 e. The fourth-order valence-corrected chi connectivity index (χ4v) is 3.07. The average Bonchev–Trinajstić information content (AvgIpc) is 3.19. The van der Waals surface area contributed by atoms with Crippen LogP contribution >= 0.6 is 0 Å². The first kappa shape index (κ1) is 14.8. The molecule has 0 radical (unpaired) electrons. The molecule has 0 amide bonds. The van der Waals surface area contributed by atoms with Crippen molar-refractivity contribution in [3.8, 4) is 0 Å². The summed E-state index contributed by atoms with van der Waals surface area (Å²) in [6.45, 7) is 9.36. The summed E-state index contributed by atoms with van der Waals surface area (Å²) in [6.07, 6.45) is 3.41. The van der Waals surface area contributed by atoms with Gasteiger partial charge in [-0.3, -0.25) is 9.69 Å². The number of hydrogen-bond donors (Lipinski definition) is 2. The van der Waals surface area contributed by atoms with Crippen LogP contribution in [0.1, 0.15) is 40.0 Å². The van der Waals surface area contributed by atoms with Gasteiger partial charge in [-0.2, -0.15) is 0 Å². The quantitative estimate of drug-likeness (QED) is 0.771. The molecular formula is C15H28N2O2. The highest BCUT2D eigenvalue weighted by molar-refractivity contribution is 5.70. The Morgan fingerprint density at radius 1 is 1.32 bits per heavy atom. The Morgan fingerprint density at radius 3 is 2.53 bits per heavy atom. The molecule has 3 atom stereocenters. The fraction of sp³-hybridized carbons (Fsp3) is 0.933. The van der Waals surface area contributed by atoms with Crippen molar-refractivity contribution in [2.45, 2.75) is 52.1 Å². The number of hydrogen-bond acceptors (Lipinski definition) is 3. The van der Waals surface area contributed by atoms with Crippen molar-refractivity contribution in [3.63, 3.8) is 0 Å². The monoisotopic (exact) mass is 268 g/mol. The molecule has 4 heteroatoms. The largest absolute Gasteiger partial charge is 0.481 e. The molecule has 19 heavy (non-hydrogen) atoms. The maximum Gasteiger partial charge on any atom is 0.307 e. The molecule has 4 nitrogen and oxygen atoms in total. The number of rotatable bonds is 6. The maximum atomic E-state index is 11.3. The first-order valence-corrected chi connectivity index (χ1v) is 7.67. The Kier molecular flexibility index (Phi) is 4.85. The highest BCUT2D eigenvalue weighted by Gasteiger charge is 2.38. The van der Waals surface area contributed by atoms with Gasteiger partial charge in [0.05, 0.1) is 5.92 Å². The van der Waals surface area contributed by atoms with E-state index in [0.29, 0.717) is 18.0 Å². The minimum absolute atomic E-state index is 0.209. The van der Waals surface area contributed by atoms with Gasteiger partial charge in [0.2, 0.25) is 0 Å². The zero-order valence-electron chi connectivity index (χ0n) is 12.4. The third-order valence-electron chi connectivity index (χ3n) is 4.52. The van der Waals surface area contributed by atoms with Gasteiger partial charge >= 0.3 is 5.97 Å². The molecule has 0 aromatic rings. The van der Waals surface area contributed by atoms with Crippen LogP contribution in [0.2, 0.25) is 0 Å². The molecule has 1 saturated heterocycles. The van der Waals surface area contributed by atoms with Crippen LogP contribution < -0.4 is 5.32 Å². The molecule has 2 aliphatic rings. The third kappa shape index (κ3) is 4.18. The van der Waals surface area contributed by atoms with Gasteiger partial charge in [-0.05, 0) is 44.6 Å². The molecule has 0 bridgehead atoms. The molecule has 1 aliphatic carbocycles. The number of aliphatic carboxylic acids is 1. The Labute approximate surface area is 116 Å². The van der Waals surface area contributed by atoms with Crippen LogP contribution in [0.4, 0.5) is 0 Å². The van der Waals surface area contributed by atoms with Crippen molar-refractivity contribution < 1.29 is 9.90 Å². The van der Waals surface area contributed by atoms with Crippen LogP contribution in [0.15, 0.2) is 0 Å². The van der Waals surface area contributed by atoms with E-state index < -0.39 is 5.97 Å². The van der Waals surface area contributed by atoms with E-state index >= 15 is 0 Å². The lowest BCUT2D eigenvalue weighted by atomic mass is 9.92. The van der Waals surface area contributed by atoms with Gasteiger partial charge in [0.1, 0.15) is 0 Å². The summed E-state index contributed by atoms with van der Waals surface area (Å²) in [5, 5.41) is 12.9. The summed E-state index contributed by atoms with van der Waals surface area (Å²) in [7, 11) is 0. The Hall–Kier alpha value is -0.610. The standard InChI is InChI=1S/C15H28N2O2/c1-10(2)7-16-14-6-13(15(18)19)8-17(9-14)11(3)12-4-5-12/h10-14,16H,4-9H2,1-3H3,(H,18,19). The predicted octanol–water partition coefficient (Wildman–Crippen LogP) is 1.81. The number of nitrogens with one attached hydrogen (secondary N) is 1. The van der Waals surface area contributed by atoms with Crippen molar-refractivity contribution in [1.29, 1.82) is 0 Å². The number of carboxylic acid groups (broad SMARTS) is 1. The van der Waals surface area contributed by atoms with Gasteiger partial charge < -0.3 is 10.4 Å². The summed E-state index contributed by atoms with van der Waals surface area (Å²) in [6, 6.07) is 0.879. The molecule has 1 aliphatic heterocycles. The lowest BCUT2D eigenvalue weighted by molar-refractivity contribution is -0.144. The van der Waals surface area contributed by atoms with E-state index in [1.165, 1.54) is 12.8 Å². The number of likely N-dealkylation sites (tertiary alicyclic amines) is 1. The van der Waals surface area contributed by atoms with Crippen LogP contribution in [-0.4, -0.2) is 47.7 Å².